The Morgan fingerprint density at radius 1 is 1.12 bits per heavy atom. The zero-order valence-corrected chi connectivity index (χ0v) is 20.1. The lowest BCUT2D eigenvalue weighted by Crippen LogP contribution is -2.23. The number of tetrazole rings is 1. The summed E-state index contributed by atoms with van der Waals surface area (Å²) in [6.45, 7) is 1.97. The van der Waals surface area contributed by atoms with Crippen molar-refractivity contribution in [3.63, 3.8) is 0 Å². The van der Waals surface area contributed by atoms with Gasteiger partial charge in [0.25, 0.3) is 0 Å². The van der Waals surface area contributed by atoms with E-state index in [1.807, 2.05) is 45.3 Å². The number of anilines is 2. The summed E-state index contributed by atoms with van der Waals surface area (Å²) in [7, 11) is 2.92. The molecule has 1 aromatic heterocycles. The van der Waals surface area contributed by atoms with Crippen molar-refractivity contribution in [2.75, 3.05) is 44.2 Å². The van der Waals surface area contributed by atoms with E-state index < -0.39 is 10.0 Å². The molecule has 0 unspecified atom stereocenters. The van der Waals surface area contributed by atoms with Gasteiger partial charge < -0.3 is 10.2 Å². The van der Waals surface area contributed by atoms with Gasteiger partial charge in [-0.2, -0.15) is 4.68 Å². The quantitative estimate of drug-likeness (QED) is 0.492. The molecule has 170 valence electrons. The predicted octanol–water partition coefficient (Wildman–Crippen LogP) is 2.02. The van der Waals surface area contributed by atoms with Crippen molar-refractivity contribution in [2.24, 2.45) is 0 Å². The Bertz CT molecular complexity index is 1220. The largest absolute Gasteiger partial charge is 0.376 e. The molecule has 2 aromatic carbocycles. The Morgan fingerprint density at radius 3 is 2.53 bits per heavy atom. The zero-order valence-electron chi connectivity index (χ0n) is 18.5. The first-order valence-electron chi connectivity index (χ1n) is 9.61. The van der Waals surface area contributed by atoms with E-state index in [0.29, 0.717) is 16.5 Å². The van der Waals surface area contributed by atoms with Crippen LogP contribution >= 0.6 is 11.8 Å². The number of carbonyl (C=O) groups excluding carboxylic acids is 1. The normalized spacial score (nSPS) is 11.6. The molecule has 0 radical (unpaired) electrons. The van der Waals surface area contributed by atoms with E-state index >= 15 is 0 Å². The molecule has 1 heterocycles. The van der Waals surface area contributed by atoms with E-state index in [0.717, 1.165) is 15.6 Å². The van der Waals surface area contributed by atoms with Gasteiger partial charge in [0, 0.05) is 28.2 Å². The summed E-state index contributed by atoms with van der Waals surface area (Å²) in [6, 6.07) is 12.4. The van der Waals surface area contributed by atoms with Gasteiger partial charge in [0.15, 0.2) is 0 Å². The molecular weight excluding hydrogens is 450 g/mol. The second kappa shape index (κ2) is 9.67. The van der Waals surface area contributed by atoms with Crippen LogP contribution in [0.5, 0.6) is 0 Å². The average molecular weight is 476 g/mol. The Hall–Kier alpha value is -2.96. The number of amides is 1. The van der Waals surface area contributed by atoms with Crippen molar-refractivity contribution in [1.29, 1.82) is 0 Å². The van der Waals surface area contributed by atoms with Crippen molar-refractivity contribution >= 4 is 39.1 Å². The summed E-state index contributed by atoms with van der Waals surface area (Å²) >= 11 is 1.19. The fourth-order valence-electron chi connectivity index (χ4n) is 2.88. The highest BCUT2D eigenvalue weighted by Gasteiger charge is 2.20. The molecule has 0 aliphatic heterocycles. The Kier molecular flexibility index (Phi) is 7.16. The van der Waals surface area contributed by atoms with Crippen LogP contribution in [0.25, 0.3) is 5.69 Å². The number of nitrogens with zero attached hydrogens (tertiary/aromatic N) is 6. The number of hydrogen-bond acceptors (Lipinski definition) is 8. The van der Waals surface area contributed by atoms with Crippen molar-refractivity contribution in [3.8, 4) is 5.69 Å². The number of thioether (sulfide) groups is 1. The van der Waals surface area contributed by atoms with E-state index in [9.17, 15) is 13.2 Å². The molecule has 0 bridgehead atoms. The molecule has 12 heteroatoms. The Labute approximate surface area is 191 Å². The zero-order chi connectivity index (χ0) is 23.5. The van der Waals surface area contributed by atoms with Crippen LogP contribution in [0.3, 0.4) is 0 Å². The molecule has 0 aliphatic rings. The third-order valence-corrected chi connectivity index (χ3v) is 7.25. The van der Waals surface area contributed by atoms with Gasteiger partial charge in [-0.1, -0.05) is 23.9 Å². The Balaban J connectivity index is 1.78. The summed E-state index contributed by atoms with van der Waals surface area (Å²) in [5, 5.41) is 15.0. The lowest BCUT2D eigenvalue weighted by molar-refractivity contribution is -0.113. The van der Waals surface area contributed by atoms with Gasteiger partial charge in [0.1, 0.15) is 0 Å². The number of sulfonamides is 1. The van der Waals surface area contributed by atoms with Crippen molar-refractivity contribution in [1.82, 2.24) is 24.5 Å². The molecule has 32 heavy (non-hydrogen) atoms. The molecule has 0 fully saturated rings. The minimum absolute atomic E-state index is 0.0454. The van der Waals surface area contributed by atoms with Crippen LogP contribution in [-0.2, 0) is 14.8 Å². The number of hydrogen-bond donors (Lipinski definition) is 1. The number of aryl methyl sites for hydroxylation is 1. The Morgan fingerprint density at radius 2 is 1.88 bits per heavy atom. The average Bonchev–Trinajstić information content (AvgIpc) is 3.20. The van der Waals surface area contributed by atoms with Crippen LogP contribution < -0.4 is 10.2 Å². The smallest absolute Gasteiger partial charge is 0.242 e. The summed E-state index contributed by atoms with van der Waals surface area (Å²) < 4.78 is 27.7. The predicted molar refractivity (Wildman–Crippen MR) is 125 cm³/mol. The van der Waals surface area contributed by atoms with Crippen molar-refractivity contribution < 1.29 is 13.2 Å². The van der Waals surface area contributed by atoms with Crippen LogP contribution in [0, 0.1) is 6.92 Å². The van der Waals surface area contributed by atoms with E-state index in [-0.39, 0.29) is 16.6 Å². The first kappa shape index (κ1) is 23.7. The maximum absolute atomic E-state index is 12.7. The summed E-state index contributed by atoms with van der Waals surface area (Å²) in [5.41, 5.74) is 2.96. The first-order chi connectivity index (χ1) is 15.1. The standard InChI is InChI=1S/C20H25N7O3S2/c1-14-7-6-8-15(11-14)27-20(22-23-24-27)31-13-19(28)21-17-12-16(32(29,30)26(4)5)9-10-18(17)25(2)3/h6-12H,13H2,1-5H3,(H,21,28). The molecule has 3 rings (SSSR count). The van der Waals surface area contributed by atoms with Crippen LogP contribution in [-0.4, -0.2) is 72.8 Å². The molecule has 0 spiro atoms. The van der Waals surface area contributed by atoms with E-state index in [2.05, 4.69) is 20.8 Å². The molecular formula is C20H25N7O3S2. The van der Waals surface area contributed by atoms with Gasteiger partial charge in [-0.15, -0.1) is 5.10 Å². The topological polar surface area (TPSA) is 113 Å². The second-order valence-electron chi connectivity index (χ2n) is 7.41. The number of aromatic nitrogens is 4. The minimum atomic E-state index is -3.64. The maximum atomic E-state index is 12.7. The third-order valence-electron chi connectivity index (χ3n) is 4.52. The lowest BCUT2D eigenvalue weighted by atomic mass is 10.2. The van der Waals surface area contributed by atoms with Crippen LogP contribution in [0.4, 0.5) is 11.4 Å². The highest BCUT2D eigenvalue weighted by atomic mass is 32.2. The van der Waals surface area contributed by atoms with Gasteiger partial charge in [-0.05, 0) is 53.2 Å². The molecule has 1 N–H and O–H groups in total. The number of rotatable bonds is 8. The maximum Gasteiger partial charge on any atom is 0.242 e. The van der Waals surface area contributed by atoms with Crippen LogP contribution in [0.15, 0.2) is 52.5 Å². The minimum Gasteiger partial charge on any atom is -0.376 e. The molecule has 0 aliphatic carbocycles. The molecule has 0 atom stereocenters. The summed E-state index contributed by atoms with van der Waals surface area (Å²) in [4.78, 5) is 14.6. The fourth-order valence-corrected chi connectivity index (χ4v) is 4.50. The molecule has 0 saturated heterocycles. The molecule has 0 saturated carbocycles. The highest BCUT2D eigenvalue weighted by Crippen LogP contribution is 2.29. The fraction of sp³-hybridized carbons (Fsp3) is 0.300. The highest BCUT2D eigenvalue weighted by molar-refractivity contribution is 7.99. The SMILES string of the molecule is Cc1cccc(-n2nnnc2SCC(=O)Nc2cc(S(=O)(=O)N(C)C)ccc2N(C)C)c1. The van der Waals surface area contributed by atoms with Gasteiger partial charge >= 0.3 is 0 Å². The van der Waals surface area contributed by atoms with Gasteiger partial charge in [0.2, 0.25) is 21.1 Å². The van der Waals surface area contributed by atoms with Crippen LogP contribution in [0.2, 0.25) is 0 Å². The van der Waals surface area contributed by atoms with Crippen molar-refractivity contribution in [2.45, 2.75) is 17.0 Å². The van der Waals surface area contributed by atoms with E-state index in [4.69, 9.17) is 0 Å². The first-order valence-corrected chi connectivity index (χ1v) is 12.0. The van der Waals surface area contributed by atoms with Crippen LogP contribution in [0.1, 0.15) is 5.56 Å². The van der Waals surface area contributed by atoms with E-state index in [1.54, 1.807) is 15.6 Å². The monoisotopic (exact) mass is 475 g/mol. The van der Waals surface area contributed by atoms with Crippen molar-refractivity contribution in [3.05, 3.63) is 48.0 Å². The van der Waals surface area contributed by atoms with Gasteiger partial charge in [0.05, 0.1) is 27.7 Å². The van der Waals surface area contributed by atoms with Gasteiger partial charge in [-0.3, -0.25) is 4.79 Å². The molecule has 1 amide bonds. The number of carbonyl (C=O) groups is 1. The lowest BCUT2D eigenvalue weighted by Gasteiger charge is -2.20. The number of benzene rings is 2. The summed E-state index contributed by atoms with van der Waals surface area (Å²) in [6.07, 6.45) is 0. The van der Waals surface area contributed by atoms with E-state index in [1.165, 1.54) is 38.0 Å². The molecule has 3 aromatic rings. The number of nitrogens with one attached hydrogen (secondary N) is 1. The molecule has 10 nitrogen and oxygen atoms in total. The summed E-state index contributed by atoms with van der Waals surface area (Å²) in [5.74, 6) is -0.264. The third kappa shape index (κ3) is 5.26. The second-order valence-corrected chi connectivity index (χ2v) is 10.5. The van der Waals surface area contributed by atoms with Gasteiger partial charge in [-0.25, -0.2) is 12.7 Å².